The summed E-state index contributed by atoms with van der Waals surface area (Å²) in [5.74, 6) is -0.482. The van der Waals surface area contributed by atoms with E-state index in [0.29, 0.717) is 21.2 Å². The van der Waals surface area contributed by atoms with Gasteiger partial charge in [-0.05, 0) is 47.5 Å². The van der Waals surface area contributed by atoms with Gasteiger partial charge in [-0.15, -0.1) is 0 Å². The minimum absolute atomic E-state index is 0.00292. The zero-order valence-electron chi connectivity index (χ0n) is 13.1. The summed E-state index contributed by atoms with van der Waals surface area (Å²) in [6.07, 6.45) is 4.64. The normalized spacial score (nSPS) is 15.4. The number of ether oxygens (including phenoxy) is 1. The third kappa shape index (κ3) is 4.17. The summed E-state index contributed by atoms with van der Waals surface area (Å²) in [7, 11) is 0. The van der Waals surface area contributed by atoms with E-state index in [0.717, 1.165) is 0 Å². The van der Waals surface area contributed by atoms with E-state index < -0.39 is 10.9 Å². The Morgan fingerprint density at radius 2 is 1.81 bits per heavy atom. The summed E-state index contributed by atoms with van der Waals surface area (Å²) in [5.41, 5.74) is 1.40. The monoisotopic (exact) mass is 388 g/mol. The molecule has 0 saturated carbocycles. The summed E-state index contributed by atoms with van der Waals surface area (Å²) in [6, 6.07) is 10.8. The topological polar surface area (TPSA) is 81.8 Å². The first-order valence-electron chi connectivity index (χ1n) is 7.32. The number of nitrogens with zero attached hydrogens (tertiary/aromatic N) is 2. The highest BCUT2D eigenvalue weighted by Crippen LogP contribution is 2.25. The highest BCUT2D eigenvalue weighted by Gasteiger charge is 2.21. The van der Waals surface area contributed by atoms with Crippen LogP contribution < -0.4 is 0 Å². The number of non-ortho nitro benzene ring substituents is 1. The van der Waals surface area contributed by atoms with Crippen molar-refractivity contribution in [2.24, 2.45) is 4.99 Å². The molecule has 0 aliphatic carbocycles. The molecule has 6 nitrogen and oxygen atoms in total. The first kappa shape index (κ1) is 17.8. The number of esters is 1. The molecule has 1 aliphatic rings. The Bertz CT molecular complexity index is 979. The average molecular weight is 389 g/mol. The molecule has 1 aliphatic heterocycles. The Labute approximate surface area is 158 Å². The zero-order valence-corrected chi connectivity index (χ0v) is 14.6. The number of hydrogen-bond donors (Lipinski definition) is 0. The number of hydrogen-bond acceptors (Lipinski definition) is 5. The standard InChI is InChI=1S/C18H10Cl2N2O4/c19-13-5-4-12(15(20)10-13)9-16-18(23)26-17(21-16)8-3-11-1-6-14(7-2-11)22(24)25/h1-10H. The molecular weight excluding hydrogens is 379 g/mol. The molecule has 2 aromatic rings. The van der Waals surface area contributed by atoms with E-state index in [9.17, 15) is 14.9 Å². The van der Waals surface area contributed by atoms with E-state index >= 15 is 0 Å². The van der Waals surface area contributed by atoms with E-state index in [2.05, 4.69) is 4.99 Å². The Hall–Kier alpha value is -2.96. The fourth-order valence-electron chi connectivity index (χ4n) is 2.14. The van der Waals surface area contributed by atoms with E-state index in [4.69, 9.17) is 27.9 Å². The van der Waals surface area contributed by atoms with Crippen LogP contribution in [-0.4, -0.2) is 16.8 Å². The third-order valence-electron chi connectivity index (χ3n) is 3.41. The number of halogens is 2. The summed E-state index contributed by atoms with van der Waals surface area (Å²) in [5, 5.41) is 11.5. The maximum Gasteiger partial charge on any atom is 0.363 e. The maximum atomic E-state index is 11.9. The SMILES string of the molecule is O=C1OC(C=Cc2ccc([N+](=O)[O-])cc2)=NC1=Cc1ccc(Cl)cc1Cl. The number of carbonyl (C=O) groups excluding carboxylic acids is 1. The van der Waals surface area contributed by atoms with Gasteiger partial charge in [0.1, 0.15) is 0 Å². The molecule has 2 aromatic carbocycles. The number of rotatable bonds is 4. The van der Waals surface area contributed by atoms with Gasteiger partial charge in [-0.1, -0.05) is 29.3 Å². The lowest BCUT2D eigenvalue weighted by Gasteiger charge is -1.98. The Morgan fingerprint density at radius 1 is 1.08 bits per heavy atom. The first-order chi connectivity index (χ1) is 12.4. The van der Waals surface area contributed by atoms with Gasteiger partial charge in [-0.25, -0.2) is 9.79 Å². The molecule has 3 rings (SSSR count). The minimum atomic E-state index is -0.598. The molecule has 0 radical (unpaired) electrons. The van der Waals surface area contributed by atoms with Gasteiger partial charge < -0.3 is 4.74 Å². The predicted molar refractivity (Wildman–Crippen MR) is 100 cm³/mol. The molecule has 26 heavy (non-hydrogen) atoms. The molecule has 0 spiro atoms. The van der Waals surface area contributed by atoms with Crippen LogP contribution in [0, 0.1) is 10.1 Å². The molecular formula is C18H10Cl2N2O4. The van der Waals surface area contributed by atoms with Crippen molar-refractivity contribution in [3.8, 4) is 0 Å². The fraction of sp³-hybridized carbons (Fsp3) is 0. The van der Waals surface area contributed by atoms with E-state index in [1.54, 1.807) is 36.4 Å². The van der Waals surface area contributed by atoms with Crippen LogP contribution in [-0.2, 0) is 9.53 Å². The largest absolute Gasteiger partial charge is 0.403 e. The highest BCUT2D eigenvalue weighted by molar-refractivity contribution is 6.35. The summed E-state index contributed by atoms with van der Waals surface area (Å²) in [6.45, 7) is 0. The van der Waals surface area contributed by atoms with Crippen LogP contribution in [0.2, 0.25) is 10.0 Å². The number of aliphatic imine (C=N–C) groups is 1. The Balaban J connectivity index is 1.79. The molecule has 0 N–H and O–H groups in total. The average Bonchev–Trinajstić information content (AvgIpc) is 2.95. The van der Waals surface area contributed by atoms with Gasteiger partial charge in [0.2, 0.25) is 5.90 Å². The Kier molecular flexibility index (Phi) is 5.16. The molecule has 0 bridgehead atoms. The van der Waals surface area contributed by atoms with Crippen LogP contribution in [0.15, 0.2) is 59.2 Å². The maximum absolute atomic E-state index is 11.9. The second-order valence-corrected chi connectivity index (χ2v) is 6.06. The van der Waals surface area contributed by atoms with E-state index in [1.807, 2.05) is 0 Å². The van der Waals surface area contributed by atoms with Gasteiger partial charge in [0.15, 0.2) is 5.70 Å². The molecule has 130 valence electrons. The second kappa shape index (κ2) is 7.51. The molecule has 8 heteroatoms. The molecule has 1 heterocycles. The van der Waals surface area contributed by atoms with Crippen molar-refractivity contribution in [1.82, 2.24) is 0 Å². The fourth-order valence-corrected chi connectivity index (χ4v) is 2.60. The lowest BCUT2D eigenvalue weighted by Crippen LogP contribution is -2.01. The quantitative estimate of drug-likeness (QED) is 0.322. The van der Waals surface area contributed by atoms with Gasteiger partial charge in [0.05, 0.1) is 4.92 Å². The van der Waals surface area contributed by atoms with Crippen molar-refractivity contribution in [1.29, 1.82) is 0 Å². The number of nitro groups is 1. The molecule has 0 aromatic heterocycles. The van der Waals surface area contributed by atoms with Crippen molar-refractivity contribution >= 4 is 52.9 Å². The van der Waals surface area contributed by atoms with Crippen LogP contribution in [0.25, 0.3) is 12.2 Å². The summed E-state index contributed by atoms with van der Waals surface area (Å²) < 4.78 is 5.07. The van der Waals surface area contributed by atoms with Crippen molar-refractivity contribution in [3.05, 3.63) is 85.5 Å². The predicted octanol–water partition coefficient (Wildman–Crippen LogP) is 4.91. The van der Waals surface area contributed by atoms with Gasteiger partial charge in [-0.3, -0.25) is 10.1 Å². The van der Waals surface area contributed by atoms with Gasteiger partial charge in [0, 0.05) is 28.3 Å². The molecule has 0 atom stereocenters. The zero-order chi connectivity index (χ0) is 18.7. The third-order valence-corrected chi connectivity index (χ3v) is 3.98. The first-order valence-corrected chi connectivity index (χ1v) is 8.08. The van der Waals surface area contributed by atoms with Crippen LogP contribution in [0.5, 0.6) is 0 Å². The van der Waals surface area contributed by atoms with Crippen molar-refractivity contribution in [2.75, 3.05) is 0 Å². The smallest absolute Gasteiger partial charge is 0.363 e. The number of nitro benzene ring substituents is 1. The summed E-state index contributed by atoms with van der Waals surface area (Å²) >= 11 is 11.9. The lowest BCUT2D eigenvalue weighted by molar-refractivity contribution is -0.384. The molecule has 0 amide bonds. The number of carbonyl (C=O) groups is 1. The van der Waals surface area contributed by atoms with Gasteiger partial charge in [-0.2, -0.15) is 0 Å². The van der Waals surface area contributed by atoms with Crippen LogP contribution in [0.1, 0.15) is 11.1 Å². The highest BCUT2D eigenvalue weighted by atomic mass is 35.5. The molecule has 0 fully saturated rings. The number of benzene rings is 2. The van der Waals surface area contributed by atoms with Crippen molar-refractivity contribution < 1.29 is 14.5 Å². The molecule has 0 unspecified atom stereocenters. The van der Waals surface area contributed by atoms with Crippen molar-refractivity contribution in [2.45, 2.75) is 0 Å². The molecule has 0 saturated heterocycles. The Morgan fingerprint density at radius 3 is 2.46 bits per heavy atom. The minimum Gasteiger partial charge on any atom is -0.403 e. The van der Waals surface area contributed by atoms with Gasteiger partial charge >= 0.3 is 5.97 Å². The summed E-state index contributed by atoms with van der Waals surface area (Å²) in [4.78, 5) is 26.2. The van der Waals surface area contributed by atoms with Crippen LogP contribution in [0.4, 0.5) is 5.69 Å². The van der Waals surface area contributed by atoms with Crippen LogP contribution in [0.3, 0.4) is 0 Å². The van der Waals surface area contributed by atoms with E-state index in [-0.39, 0.29) is 17.3 Å². The van der Waals surface area contributed by atoms with E-state index in [1.165, 1.54) is 24.3 Å². The van der Waals surface area contributed by atoms with Gasteiger partial charge in [0.25, 0.3) is 5.69 Å². The number of cyclic esters (lactones) is 1. The lowest BCUT2D eigenvalue weighted by atomic mass is 10.2. The second-order valence-electron chi connectivity index (χ2n) is 5.22. The van der Waals surface area contributed by atoms with Crippen LogP contribution >= 0.6 is 23.2 Å². The van der Waals surface area contributed by atoms with Crippen molar-refractivity contribution in [3.63, 3.8) is 0 Å².